The molecule has 0 saturated heterocycles. The summed E-state index contributed by atoms with van der Waals surface area (Å²) in [4.78, 5) is 0. The Balaban J connectivity index is 2.57. The molecule has 5 nitrogen and oxygen atoms in total. The van der Waals surface area contributed by atoms with E-state index in [0.717, 1.165) is 11.3 Å². The van der Waals surface area contributed by atoms with Crippen molar-refractivity contribution < 1.29 is 0 Å². The van der Waals surface area contributed by atoms with E-state index in [9.17, 15) is 0 Å². The monoisotopic (exact) mass is 197 g/mol. The zero-order valence-electron chi connectivity index (χ0n) is 7.46. The van der Waals surface area contributed by atoms with Crippen LogP contribution in [0.15, 0.2) is 17.5 Å². The summed E-state index contributed by atoms with van der Waals surface area (Å²) < 4.78 is 0. The quantitative estimate of drug-likeness (QED) is 0.361. The number of hydrazone groups is 1. The topological polar surface area (TPSA) is 65.1 Å². The SMILES string of the molecule is CNC(=S)N/N=C(\C)c1cn[nH]c1. The number of nitrogens with zero attached hydrogens (tertiary/aromatic N) is 2. The molecule has 0 aromatic carbocycles. The molecule has 0 aliphatic carbocycles. The van der Waals surface area contributed by atoms with Crippen LogP contribution in [0.4, 0.5) is 0 Å². The van der Waals surface area contributed by atoms with Crippen molar-refractivity contribution >= 4 is 23.0 Å². The first-order valence-electron chi connectivity index (χ1n) is 3.75. The van der Waals surface area contributed by atoms with E-state index in [2.05, 4.69) is 26.0 Å². The highest BCUT2D eigenvalue weighted by molar-refractivity contribution is 7.80. The lowest BCUT2D eigenvalue weighted by molar-refractivity contribution is 0.974. The second-order valence-electron chi connectivity index (χ2n) is 2.38. The summed E-state index contributed by atoms with van der Waals surface area (Å²) in [5, 5.41) is 13.8. The lowest BCUT2D eigenvalue weighted by Gasteiger charge is -2.01. The van der Waals surface area contributed by atoms with Gasteiger partial charge in [-0.15, -0.1) is 0 Å². The normalized spacial score (nSPS) is 11.1. The van der Waals surface area contributed by atoms with Crippen LogP contribution in [0.5, 0.6) is 0 Å². The van der Waals surface area contributed by atoms with Gasteiger partial charge < -0.3 is 5.32 Å². The van der Waals surface area contributed by atoms with Crippen molar-refractivity contribution in [1.82, 2.24) is 20.9 Å². The first kappa shape index (κ1) is 9.66. The molecule has 3 N–H and O–H groups in total. The number of aromatic nitrogens is 2. The average molecular weight is 197 g/mol. The van der Waals surface area contributed by atoms with Crippen molar-refractivity contribution in [2.45, 2.75) is 6.92 Å². The van der Waals surface area contributed by atoms with Crippen LogP contribution >= 0.6 is 12.2 Å². The molecule has 0 aliphatic heterocycles. The van der Waals surface area contributed by atoms with E-state index in [4.69, 9.17) is 12.2 Å². The minimum atomic E-state index is 0.489. The molecule has 6 heteroatoms. The molecular formula is C7H11N5S. The molecule has 1 rings (SSSR count). The van der Waals surface area contributed by atoms with Gasteiger partial charge in [0.1, 0.15) is 0 Å². The van der Waals surface area contributed by atoms with E-state index in [1.807, 2.05) is 6.92 Å². The molecule has 0 spiro atoms. The standard InChI is InChI=1S/C7H11N5S/c1-5(6-3-9-10-4-6)11-12-7(13)8-2/h3-4H,1-2H3,(H,9,10)(H2,8,12,13)/b11-5+. The van der Waals surface area contributed by atoms with E-state index in [0.29, 0.717) is 5.11 Å². The number of nitrogens with one attached hydrogen (secondary N) is 3. The second-order valence-corrected chi connectivity index (χ2v) is 2.78. The predicted molar refractivity (Wildman–Crippen MR) is 55.6 cm³/mol. The van der Waals surface area contributed by atoms with Crippen molar-refractivity contribution in [3.63, 3.8) is 0 Å². The van der Waals surface area contributed by atoms with Crippen molar-refractivity contribution in [3.8, 4) is 0 Å². The minimum absolute atomic E-state index is 0.489. The molecule has 0 amide bonds. The number of thiocarbonyl (C=S) groups is 1. The highest BCUT2D eigenvalue weighted by Gasteiger charge is 1.97. The maximum Gasteiger partial charge on any atom is 0.186 e. The Morgan fingerprint density at radius 1 is 1.69 bits per heavy atom. The van der Waals surface area contributed by atoms with Crippen molar-refractivity contribution in [2.75, 3.05) is 7.05 Å². The molecule has 0 fully saturated rings. The molecule has 0 unspecified atom stereocenters. The Hall–Kier alpha value is -1.43. The Morgan fingerprint density at radius 3 is 3.00 bits per heavy atom. The minimum Gasteiger partial charge on any atom is -0.364 e. The smallest absolute Gasteiger partial charge is 0.186 e. The third kappa shape index (κ3) is 2.83. The van der Waals surface area contributed by atoms with Gasteiger partial charge in [0.25, 0.3) is 0 Å². The molecule has 0 atom stereocenters. The molecule has 1 heterocycles. The van der Waals surface area contributed by atoms with E-state index in [-0.39, 0.29) is 0 Å². The molecule has 1 aromatic rings. The Bertz CT molecular complexity index is 303. The summed E-state index contributed by atoms with van der Waals surface area (Å²) in [6.45, 7) is 1.87. The fraction of sp³-hybridized carbons (Fsp3) is 0.286. The summed E-state index contributed by atoms with van der Waals surface area (Å²) in [5.74, 6) is 0. The summed E-state index contributed by atoms with van der Waals surface area (Å²) >= 11 is 4.85. The fourth-order valence-corrected chi connectivity index (χ4v) is 0.749. The zero-order chi connectivity index (χ0) is 9.68. The van der Waals surface area contributed by atoms with Gasteiger partial charge in [0.15, 0.2) is 5.11 Å². The van der Waals surface area contributed by atoms with Gasteiger partial charge in [0.2, 0.25) is 0 Å². The summed E-state index contributed by atoms with van der Waals surface area (Å²) in [7, 11) is 1.73. The molecule has 0 radical (unpaired) electrons. The van der Waals surface area contributed by atoms with Crippen LogP contribution < -0.4 is 10.7 Å². The summed E-state index contributed by atoms with van der Waals surface area (Å²) in [6.07, 6.45) is 3.46. The number of rotatable bonds is 2. The van der Waals surface area contributed by atoms with Crippen molar-refractivity contribution in [1.29, 1.82) is 0 Å². The van der Waals surface area contributed by atoms with Crippen LogP contribution in [0.2, 0.25) is 0 Å². The van der Waals surface area contributed by atoms with Gasteiger partial charge in [-0.2, -0.15) is 10.2 Å². The number of aromatic amines is 1. The second kappa shape index (κ2) is 4.56. The van der Waals surface area contributed by atoms with E-state index >= 15 is 0 Å². The first-order valence-corrected chi connectivity index (χ1v) is 4.16. The number of H-pyrrole nitrogens is 1. The number of hydrogen-bond donors (Lipinski definition) is 3. The zero-order valence-corrected chi connectivity index (χ0v) is 8.27. The Labute approximate surface area is 81.6 Å². The maximum atomic E-state index is 4.85. The summed E-state index contributed by atoms with van der Waals surface area (Å²) in [6, 6.07) is 0. The van der Waals surface area contributed by atoms with Crippen molar-refractivity contribution in [2.24, 2.45) is 5.10 Å². The fourth-order valence-electron chi connectivity index (χ4n) is 0.704. The molecule has 13 heavy (non-hydrogen) atoms. The maximum absolute atomic E-state index is 4.85. The lowest BCUT2D eigenvalue weighted by Crippen LogP contribution is -2.29. The lowest BCUT2D eigenvalue weighted by atomic mass is 10.2. The van der Waals surface area contributed by atoms with Gasteiger partial charge in [0.05, 0.1) is 11.9 Å². The average Bonchev–Trinajstić information content (AvgIpc) is 2.66. The third-order valence-electron chi connectivity index (χ3n) is 1.47. The highest BCUT2D eigenvalue weighted by Crippen LogP contribution is 1.95. The van der Waals surface area contributed by atoms with Gasteiger partial charge in [-0.05, 0) is 19.1 Å². The van der Waals surface area contributed by atoms with Crippen LogP contribution in [0.3, 0.4) is 0 Å². The van der Waals surface area contributed by atoms with Gasteiger partial charge in [0, 0.05) is 18.8 Å². The van der Waals surface area contributed by atoms with Crippen LogP contribution in [0.1, 0.15) is 12.5 Å². The molecule has 0 saturated carbocycles. The molecule has 0 bridgehead atoms. The van der Waals surface area contributed by atoms with Gasteiger partial charge in [-0.25, -0.2) is 0 Å². The van der Waals surface area contributed by atoms with Crippen LogP contribution in [0, 0.1) is 0 Å². The van der Waals surface area contributed by atoms with Crippen LogP contribution in [-0.4, -0.2) is 28.1 Å². The van der Waals surface area contributed by atoms with Gasteiger partial charge in [-0.3, -0.25) is 10.5 Å². The van der Waals surface area contributed by atoms with E-state index in [1.165, 1.54) is 0 Å². The highest BCUT2D eigenvalue weighted by atomic mass is 32.1. The van der Waals surface area contributed by atoms with Gasteiger partial charge in [-0.1, -0.05) is 0 Å². The molecule has 0 aliphatic rings. The largest absolute Gasteiger partial charge is 0.364 e. The van der Waals surface area contributed by atoms with E-state index in [1.54, 1.807) is 19.4 Å². The first-order chi connectivity index (χ1) is 6.24. The van der Waals surface area contributed by atoms with Crippen LogP contribution in [0.25, 0.3) is 0 Å². The number of hydrogen-bond acceptors (Lipinski definition) is 3. The van der Waals surface area contributed by atoms with Gasteiger partial charge >= 0.3 is 0 Å². The summed E-state index contributed by atoms with van der Waals surface area (Å²) in [5.41, 5.74) is 4.45. The Kier molecular flexibility index (Phi) is 3.39. The van der Waals surface area contributed by atoms with Crippen LogP contribution in [-0.2, 0) is 0 Å². The predicted octanol–water partition coefficient (Wildman–Crippen LogP) is 0.228. The molecule has 70 valence electrons. The third-order valence-corrected chi connectivity index (χ3v) is 1.76. The van der Waals surface area contributed by atoms with E-state index < -0.39 is 0 Å². The van der Waals surface area contributed by atoms with Crippen molar-refractivity contribution in [3.05, 3.63) is 18.0 Å². The molecule has 1 aromatic heterocycles. The Morgan fingerprint density at radius 2 is 2.46 bits per heavy atom. The molecular weight excluding hydrogens is 186 g/mol.